The molecule has 0 saturated heterocycles. The summed E-state index contributed by atoms with van der Waals surface area (Å²) in [6.07, 6.45) is 0. The van der Waals surface area contributed by atoms with Crippen LogP contribution in [0, 0.1) is 0 Å². The van der Waals surface area contributed by atoms with E-state index in [4.69, 9.17) is 21.7 Å². The first kappa shape index (κ1) is 17.2. The van der Waals surface area contributed by atoms with Gasteiger partial charge in [-0.25, -0.2) is 0 Å². The number of hydrogen-bond donors (Lipinski definition) is 2. The second-order valence-electron chi connectivity index (χ2n) is 4.46. The van der Waals surface area contributed by atoms with Crippen molar-refractivity contribution in [3.8, 4) is 11.5 Å². The molecular weight excluding hydrogens is 380 g/mol. The maximum absolute atomic E-state index is 12.2. The van der Waals surface area contributed by atoms with Crippen LogP contribution in [0.25, 0.3) is 0 Å². The minimum Gasteiger partial charge on any atom is -0.493 e. The normalized spacial score (nSPS) is 9.87. The van der Waals surface area contributed by atoms with Crippen molar-refractivity contribution in [2.45, 2.75) is 0 Å². The summed E-state index contributed by atoms with van der Waals surface area (Å²) in [6.45, 7) is 0. The zero-order valence-corrected chi connectivity index (χ0v) is 15.0. The lowest BCUT2D eigenvalue weighted by Crippen LogP contribution is -2.34. The lowest BCUT2D eigenvalue weighted by molar-refractivity contribution is 0.0977. The van der Waals surface area contributed by atoms with Crippen LogP contribution >= 0.6 is 28.1 Å². The van der Waals surface area contributed by atoms with E-state index in [9.17, 15) is 4.79 Å². The van der Waals surface area contributed by atoms with Crippen LogP contribution in [0.1, 0.15) is 10.4 Å². The number of carbonyl (C=O) groups excluding carboxylic acids is 1. The average molecular weight is 395 g/mol. The molecule has 7 heteroatoms. The molecule has 0 unspecified atom stereocenters. The number of anilines is 1. The molecule has 120 valence electrons. The van der Waals surface area contributed by atoms with Crippen LogP contribution < -0.4 is 20.1 Å². The molecule has 2 aromatic carbocycles. The second kappa shape index (κ2) is 7.94. The molecule has 23 heavy (non-hydrogen) atoms. The van der Waals surface area contributed by atoms with Crippen molar-refractivity contribution < 1.29 is 14.3 Å². The highest BCUT2D eigenvalue weighted by Gasteiger charge is 2.11. The van der Waals surface area contributed by atoms with E-state index < -0.39 is 0 Å². The second-order valence-corrected chi connectivity index (χ2v) is 5.72. The minimum absolute atomic E-state index is 0.193. The molecule has 0 fully saturated rings. The average Bonchev–Trinajstić information content (AvgIpc) is 2.54. The molecule has 2 rings (SSSR count). The number of amides is 1. The van der Waals surface area contributed by atoms with Gasteiger partial charge >= 0.3 is 0 Å². The van der Waals surface area contributed by atoms with Gasteiger partial charge in [-0.05, 0) is 52.4 Å². The van der Waals surface area contributed by atoms with Crippen LogP contribution in [0.5, 0.6) is 11.5 Å². The van der Waals surface area contributed by atoms with Gasteiger partial charge in [0.05, 0.1) is 19.8 Å². The first-order valence-corrected chi connectivity index (χ1v) is 7.84. The van der Waals surface area contributed by atoms with E-state index in [0.717, 1.165) is 0 Å². The Bertz CT molecular complexity index is 737. The number of nitrogens with one attached hydrogen (secondary N) is 2. The summed E-state index contributed by atoms with van der Waals surface area (Å²) in [7, 11) is 3.11. The van der Waals surface area contributed by atoms with Crippen molar-refractivity contribution in [2.75, 3.05) is 19.5 Å². The molecule has 0 aromatic heterocycles. The molecule has 0 saturated carbocycles. The third-order valence-corrected chi connectivity index (χ3v) is 3.88. The van der Waals surface area contributed by atoms with Gasteiger partial charge in [-0.15, -0.1) is 0 Å². The number of ether oxygens (including phenoxy) is 2. The van der Waals surface area contributed by atoms with E-state index in [1.165, 1.54) is 0 Å². The van der Waals surface area contributed by atoms with E-state index in [2.05, 4.69) is 26.6 Å². The van der Waals surface area contributed by atoms with Crippen molar-refractivity contribution in [3.63, 3.8) is 0 Å². The summed E-state index contributed by atoms with van der Waals surface area (Å²) in [5.74, 6) is 0.883. The first-order valence-electron chi connectivity index (χ1n) is 6.64. The number of methoxy groups -OCH3 is 2. The highest BCUT2D eigenvalue weighted by molar-refractivity contribution is 9.10. The molecule has 0 spiro atoms. The highest BCUT2D eigenvalue weighted by Crippen LogP contribution is 2.29. The maximum atomic E-state index is 12.2. The summed E-state index contributed by atoms with van der Waals surface area (Å²) in [6, 6.07) is 12.4. The van der Waals surface area contributed by atoms with Crippen LogP contribution in [0.4, 0.5) is 5.69 Å². The van der Waals surface area contributed by atoms with Gasteiger partial charge in [-0.1, -0.05) is 12.1 Å². The molecule has 0 aliphatic heterocycles. The Morgan fingerprint density at radius 2 is 1.78 bits per heavy atom. The maximum Gasteiger partial charge on any atom is 0.258 e. The Labute approximate surface area is 148 Å². The quantitative estimate of drug-likeness (QED) is 0.775. The van der Waals surface area contributed by atoms with Gasteiger partial charge in [0.15, 0.2) is 16.6 Å². The molecule has 0 aliphatic rings. The standard InChI is InChI=1S/C16H15BrN2O3S/c1-21-13-8-7-10(9-14(13)22-2)18-16(23)19-15(20)11-5-3-4-6-12(11)17/h3-9H,1-2H3,(H2,18,19,20,23). The van der Waals surface area contributed by atoms with E-state index in [1.54, 1.807) is 50.6 Å². The molecule has 1 amide bonds. The molecule has 2 aromatic rings. The van der Waals surface area contributed by atoms with Crippen LogP contribution in [-0.2, 0) is 0 Å². The van der Waals surface area contributed by atoms with Crippen LogP contribution in [0.15, 0.2) is 46.9 Å². The van der Waals surface area contributed by atoms with Crippen molar-refractivity contribution in [3.05, 3.63) is 52.5 Å². The van der Waals surface area contributed by atoms with E-state index in [-0.39, 0.29) is 11.0 Å². The van der Waals surface area contributed by atoms with E-state index in [1.807, 2.05) is 6.07 Å². The lowest BCUT2D eigenvalue weighted by Gasteiger charge is -2.13. The number of benzene rings is 2. The van der Waals surface area contributed by atoms with Crippen LogP contribution in [-0.4, -0.2) is 25.2 Å². The van der Waals surface area contributed by atoms with Crippen LogP contribution in [0.3, 0.4) is 0 Å². The highest BCUT2D eigenvalue weighted by atomic mass is 79.9. The van der Waals surface area contributed by atoms with Crippen molar-refractivity contribution >= 4 is 44.9 Å². The molecule has 0 heterocycles. The number of hydrogen-bond acceptors (Lipinski definition) is 4. The van der Waals surface area contributed by atoms with Gasteiger partial charge < -0.3 is 14.8 Å². The lowest BCUT2D eigenvalue weighted by atomic mass is 10.2. The Morgan fingerprint density at radius 1 is 1.09 bits per heavy atom. The topological polar surface area (TPSA) is 59.6 Å². The number of halogens is 1. The Balaban J connectivity index is 2.05. The monoisotopic (exact) mass is 394 g/mol. The van der Waals surface area contributed by atoms with Crippen molar-refractivity contribution in [1.29, 1.82) is 0 Å². The SMILES string of the molecule is COc1ccc(NC(=S)NC(=O)c2ccccc2Br)cc1OC. The number of carbonyl (C=O) groups is 1. The molecule has 5 nitrogen and oxygen atoms in total. The molecule has 2 N–H and O–H groups in total. The predicted octanol–water partition coefficient (Wildman–Crippen LogP) is 3.59. The summed E-state index contributed by atoms with van der Waals surface area (Å²) >= 11 is 8.50. The smallest absolute Gasteiger partial charge is 0.258 e. The van der Waals surface area contributed by atoms with Gasteiger partial charge in [-0.2, -0.15) is 0 Å². The first-order chi connectivity index (χ1) is 11.0. The molecule has 0 atom stereocenters. The van der Waals surface area contributed by atoms with Gasteiger partial charge in [0.1, 0.15) is 0 Å². The predicted molar refractivity (Wildman–Crippen MR) is 97.4 cm³/mol. The largest absolute Gasteiger partial charge is 0.493 e. The Kier molecular flexibility index (Phi) is 5.95. The van der Waals surface area contributed by atoms with Gasteiger partial charge in [0.25, 0.3) is 5.91 Å². The number of thiocarbonyl (C=S) groups is 1. The molecule has 0 radical (unpaired) electrons. The van der Waals surface area contributed by atoms with Crippen molar-refractivity contribution in [1.82, 2.24) is 5.32 Å². The van der Waals surface area contributed by atoms with Crippen LogP contribution in [0.2, 0.25) is 0 Å². The molecular formula is C16H15BrN2O3S. The minimum atomic E-state index is -0.296. The molecule has 0 bridgehead atoms. The van der Waals surface area contributed by atoms with Gasteiger partial charge in [-0.3, -0.25) is 10.1 Å². The van der Waals surface area contributed by atoms with Crippen molar-refractivity contribution in [2.24, 2.45) is 0 Å². The fraction of sp³-hybridized carbons (Fsp3) is 0.125. The third kappa shape index (κ3) is 4.43. The zero-order valence-electron chi connectivity index (χ0n) is 12.6. The van der Waals surface area contributed by atoms with Gasteiger partial charge in [0.2, 0.25) is 0 Å². The number of rotatable bonds is 4. The summed E-state index contributed by atoms with van der Waals surface area (Å²) < 4.78 is 11.1. The Morgan fingerprint density at radius 3 is 2.43 bits per heavy atom. The third-order valence-electron chi connectivity index (χ3n) is 2.99. The Hall–Kier alpha value is -2.12. The summed E-state index contributed by atoms with van der Waals surface area (Å²) in [5, 5.41) is 5.76. The summed E-state index contributed by atoms with van der Waals surface area (Å²) in [4.78, 5) is 12.2. The zero-order chi connectivity index (χ0) is 16.8. The summed E-state index contributed by atoms with van der Waals surface area (Å²) in [5.41, 5.74) is 1.18. The molecule has 0 aliphatic carbocycles. The van der Waals surface area contributed by atoms with E-state index >= 15 is 0 Å². The fourth-order valence-electron chi connectivity index (χ4n) is 1.89. The van der Waals surface area contributed by atoms with Gasteiger partial charge in [0, 0.05) is 16.2 Å². The fourth-order valence-corrected chi connectivity index (χ4v) is 2.57. The van der Waals surface area contributed by atoms with E-state index in [0.29, 0.717) is 27.2 Å².